The molecule has 1 aromatic heterocycles. The maximum absolute atomic E-state index is 12.1. The van der Waals surface area contributed by atoms with Crippen LogP contribution in [0.2, 0.25) is 0 Å². The van der Waals surface area contributed by atoms with Gasteiger partial charge in [-0.05, 0) is 20.8 Å². The standard InChI is InChI=1S/C17H17N3O7/c1-17(2,3)16(23)27-12-11(15(22)26-4)18-13(19-14(12)21)9-6-5-7-10(8-9)20(24)25/h5-8H,1-4H3,(H,18,19,21). The topological polar surface area (TPSA) is 142 Å². The first-order valence-corrected chi connectivity index (χ1v) is 7.71. The lowest BCUT2D eigenvalue weighted by Crippen LogP contribution is -2.27. The molecule has 0 fully saturated rings. The van der Waals surface area contributed by atoms with E-state index in [0.717, 1.165) is 7.11 Å². The normalized spacial score (nSPS) is 11.0. The zero-order valence-corrected chi connectivity index (χ0v) is 15.0. The molecule has 1 N–H and O–H groups in total. The van der Waals surface area contributed by atoms with Crippen molar-refractivity contribution in [3.05, 3.63) is 40.1 Å². The number of benzene rings is 1. The summed E-state index contributed by atoms with van der Waals surface area (Å²) in [7, 11) is 1.09. The van der Waals surface area contributed by atoms with Crippen molar-refractivity contribution in [1.29, 1.82) is 0 Å². The molecule has 0 saturated heterocycles. The van der Waals surface area contributed by atoms with Gasteiger partial charge in [-0.2, -0.15) is 4.98 Å². The van der Waals surface area contributed by atoms with Crippen LogP contribution in [0.15, 0.2) is 24.3 Å². The Bertz CT molecular complexity index is 919. The van der Waals surface area contributed by atoms with Gasteiger partial charge in [0.2, 0.25) is 5.75 Å². The molecule has 0 atom stereocenters. The van der Waals surface area contributed by atoms with Gasteiger partial charge < -0.3 is 14.6 Å². The summed E-state index contributed by atoms with van der Waals surface area (Å²) >= 11 is 0. The number of nitro groups is 1. The first kappa shape index (κ1) is 19.8. The number of nitro benzene ring substituents is 1. The summed E-state index contributed by atoms with van der Waals surface area (Å²) in [6, 6.07) is 5.31. The highest BCUT2D eigenvalue weighted by Gasteiger charge is 2.30. The van der Waals surface area contributed by atoms with E-state index in [4.69, 9.17) is 4.74 Å². The molecule has 0 radical (unpaired) electrons. The maximum Gasteiger partial charge on any atom is 0.360 e. The van der Waals surface area contributed by atoms with Crippen LogP contribution >= 0.6 is 0 Å². The van der Waals surface area contributed by atoms with Gasteiger partial charge in [0.05, 0.1) is 17.4 Å². The van der Waals surface area contributed by atoms with Crippen molar-refractivity contribution in [1.82, 2.24) is 9.97 Å². The SMILES string of the molecule is COC(=O)c1nc(-c2cccc([N+](=O)[O-])c2)nc(O)c1OC(=O)C(C)(C)C. The molecule has 0 spiro atoms. The van der Waals surface area contributed by atoms with Crippen molar-refractivity contribution in [2.45, 2.75) is 20.8 Å². The number of rotatable bonds is 4. The van der Waals surface area contributed by atoms with Gasteiger partial charge in [-0.15, -0.1) is 0 Å². The minimum absolute atomic E-state index is 0.174. The number of carbonyl (C=O) groups excluding carboxylic acids is 2. The Morgan fingerprint density at radius 1 is 1.22 bits per heavy atom. The van der Waals surface area contributed by atoms with Gasteiger partial charge in [-0.25, -0.2) is 9.78 Å². The Morgan fingerprint density at radius 3 is 2.44 bits per heavy atom. The molecule has 0 unspecified atom stereocenters. The average molecular weight is 375 g/mol. The fraction of sp³-hybridized carbons (Fsp3) is 0.294. The van der Waals surface area contributed by atoms with E-state index in [2.05, 4.69) is 14.7 Å². The summed E-state index contributed by atoms with van der Waals surface area (Å²) in [5.41, 5.74) is -1.45. The van der Waals surface area contributed by atoms with Crippen molar-refractivity contribution in [3.63, 3.8) is 0 Å². The minimum atomic E-state index is -0.976. The first-order valence-electron chi connectivity index (χ1n) is 7.71. The molecule has 27 heavy (non-hydrogen) atoms. The fourth-order valence-electron chi connectivity index (χ4n) is 1.90. The zero-order chi connectivity index (χ0) is 20.4. The molecule has 0 amide bonds. The third-order valence-electron chi connectivity index (χ3n) is 3.35. The smallest absolute Gasteiger partial charge is 0.360 e. The largest absolute Gasteiger partial charge is 0.491 e. The van der Waals surface area contributed by atoms with Crippen molar-refractivity contribution < 1.29 is 29.1 Å². The van der Waals surface area contributed by atoms with Gasteiger partial charge >= 0.3 is 11.9 Å². The number of aromatic hydroxyl groups is 1. The summed E-state index contributed by atoms with van der Waals surface area (Å²) in [4.78, 5) is 42.2. The molecule has 1 heterocycles. The third kappa shape index (κ3) is 4.35. The van der Waals surface area contributed by atoms with Gasteiger partial charge in [-0.1, -0.05) is 12.1 Å². The number of hydrogen-bond acceptors (Lipinski definition) is 9. The molecule has 1 aromatic carbocycles. The summed E-state index contributed by atoms with van der Waals surface area (Å²) in [5, 5.41) is 21.1. The van der Waals surface area contributed by atoms with Crippen LogP contribution in [-0.4, -0.2) is 39.0 Å². The Balaban J connectivity index is 2.59. The molecule has 0 saturated carbocycles. The van der Waals surface area contributed by atoms with Crippen LogP contribution in [0.1, 0.15) is 31.3 Å². The van der Waals surface area contributed by atoms with Crippen LogP contribution < -0.4 is 4.74 Å². The highest BCUT2D eigenvalue weighted by atomic mass is 16.6. The molecular formula is C17H17N3O7. The van der Waals surface area contributed by atoms with Crippen LogP contribution in [0.3, 0.4) is 0 Å². The molecule has 2 rings (SSSR count). The van der Waals surface area contributed by atoms with Crippen molar-refractivity contribution in [2.24, 2.45) is 5.41 Å². The number of ether oxygens (including phenoxy) is 2. The number of esters is 2. The van der Waals surface area contributed by atoms with Crippen molar-refractivity contribution >= 4 is 17.6 Å². The summed E-state index contributed by atoms with van der Waals surface area (Å²) in [5.74, 6) is -3.20. The Morgan fingerprint density at radius 2 is 1.89 bits per heavy atom. The maximum atomic E-state index is 12.1. The van der Waals surface area contributed by atoms with E-state index >= 15 is 0 Å². The molecule has 0 aliphatic rings. The second kappa shape index (κ2) is 7.36. The van der Waals surface area contributed by atoms with E-state index in [1.54, 1.807) is 20.8 Å². The quantitative estimate of drug-likeness (QED) is 0.484. The van der Waals surface area contributed by atoms with Crippen LogP contribution in [0.5, 0.6) is 11.6 Å². The van der Waals surface area contributed by atoms with E-state index in [0.29, 0.717) is 0 Å². The summed E-state index contributed by atoms with van der Waals surface area (Å²) in [6.07, 6.45) is 0. The molecule has 0 bridgehead atoms. The fourth-order valence-corrected chi connectivity index (χ4v) is 1.90. The molecule has 10 nitrogen and oxygen atoms in total. The Labute approximate surface area is 153 Å². The second-order valence-corrected chi connectivity index (χ2v) is 6.49. The van der Waals surface area contributed by atoms with E-state index in [9.17, 15) is 24.8 Å². The monoisotopic (exact) mass is 375 g/mol. The van der Waals surface area contributed by atoms with E-state index in [1.807, 2.05) is 0 Å². The minimum Gasteiger partial charge on any atom is -0.491 e. The number of nitrogens with zero attached hydrogens (tertiary/aromatic N) is 3. The van der Waals surface area contributed by atoms with Crippen molar-refractivity contribution in [2.75, 3.05) is 7.11 Å². The van der Waals surface area contributed by atoms with Gasteiger partial charge in [0.15, 0.2) is 11.5 Å². The van der Waals surface area contributed by atoms with Crippen LogP contribution in [0, 0.1) is 15.5 Å². The Kier molecular flexibility index (Phi) is 5.39. The Hall–Kier alpha value is -3.56. The number of non-ortho nitro benzene ring substituents is 1. The molecule has 2 aromatic rings. The molecular weight excluding hydrogens is 358 g/mol. The summed E-state index contributed by atoms with van der Waals surface area (Å²) < 4.78 is 9.71. The molecule has 10 heteroatoms. The number of methoxy groups -OCH3 is 1. The van der Waals surface area contributed by atoms with Gasteiger partial charge in [0.1, 0.15) is 0 Å². The van der Waals surface area contributed by atoms with Gasteiger partial charge in [0, 0.05) is 17.7 Å². The first-order chi connectivity index (χ1) is 12.5. The lowest BCUT2D eigenvalue weighted by atomic mass is 9.97. The number of aromatic nitrogens is 2. The van der Waals surface area contributed by atoms with Crippen LogP contribution in [0.25, 0.3) is 11.4 Å². The van der Waals surface area contributed by atoms with E-state index < -0.39 is 39.6 Å². The molecule has 0 aliphatic heterocycles. The summed E-state index contributed by atoms with van der Waals surface area (Å²) in [6.45, 7) is 4.76. The van der Waals surface area contributed by atoms with Gasteiger partial charge in [0.25, 0.3) is 11.6 Å². The second-order valence-electron chi connectivity index (χ2n) is 6.49. The van der Waals surface area contributed by atoms with Crippen LogP contribution in [-0.2, 0) is 9.53 Å². The molecule has 0 aliphatic carbocycles. The lowest BCUT2D eigenvalue weighted by Gasteiger charge is -2.17. The van der Waals surface area contributed by atoms with E-state index in [1.165, 1.54) is 24.3 Å². The van der Waals surface area contributed by atoms with Gasteiger partial charge in [-0.3, -0.25) is 14.9 Å². The van der Waals surface area contributed by atoms with E-state index in [-0.39, 0.29) is 17.1 Å². The number of carbonyl (C=O) groups is 2. The zero-order valence-electron chi connectivity index (χ0n) is 15.0. The molecule has 142 valence electrons. The number of hydrogen-bond donors (Lipinski definition) is 1. The highest BCUT2D eigenvalue weighted by molar-refractivity contribution is 5.93. The predicted molar refractivity (Wildman–Crippen MR) is 92.2 cm³/mol. The highest BCUT2D eigenvalue weighted by Crippen LogP contribution is 2.33. The van der Waals surface area contributed by atoms with Crippen molar-refractivity contribution in [3.8, 4) is 23.0 Å². The van der Waals surface area contributed by atoms with Crippen LogP contribution in [0.4, 0.5) is 5.69 Å². The third-order valence-corrected chi connectivity index (χ3v) is 3.35. The average Bonchev–Trinajstić information content (AvgIpc) is 2.61. The predicted octanol–water partition coefficient (Wildman–Crippen LogP) is 2.50. The lowest BCUT2D eigenvalue weighted by molar-refractivity contribution is -0.384.